The molecule has 1 aliphatic heterocycles. The fourth-order valence-corrected chi connectivity index (χ4v) is 2.73. The van der Waals surface area contributed by atoms with Gasteiger partial charge in [-0.25, -0.2) is 8.78 Å². The fraction of sp³-hybridized carbons (Fsp3) is 0.917. The van der Waals surface area contributed by atoms with Gasteiger partial charge in [-0.3, -0.25) is 4.99 Å². The summed E-state index contributed by atoms with van der Waals surface area (Å²) < 4.78 is 25.9. The number of hydrogen-bond donors (Lipinski definition) is 0. The first-order chi connectivity index (χ1) is 7.11. The molecule has 86 valence electrons. The third-order valence-electron chi connectivity index (χ3n) is 3.79. The Morgan fingerprint density at radius 1 is 1.27 bits per heavy atom. The Bertz CT molecular complexity index is 250. The maximum Gasteiger partial charge on any atom is 0.248 e. The van der Waals surface area contributed by atoms with E-state index in [1.807, 2.05) is 0 Å². The molecule has 2 aliphatic rings. The number of rotatable bonds is 2. The highest BCUT2D eigenvalue weighted by Crippen LogP contribution is 2.40. The Labute approximate surface area is 90.0 Å². The molecule has 1 heterocycles. The smallest absolute Gasteiger partial charge is 0.248 e. The van der Waals surface area contributed by atoms with E-state index in [2.05, 4.69) is 11.9 Å². The molecule has 0 unspecified atom stereocenters. The second-order valence-electron chi connectivity index (χ2n) is 4.85. The average Bonchev–Trinajstić information content (AvgIpc) is 2.66. The predicted octanol–water partition coefficient (Wildman–Crippen LogP) is 3.83. The SMILES string of the molecule is CCC1=N[C@H](C2CCC(F)(F)CC2)CC1. The minimum Gasteiger partial charge on any atom is -0.291 e. The van der Waals surface area contributed by atoms with Gasteiger partial charge in [0.05, 0.1) is 6.04 Å². The van der Waals surface area contributed by atoms with E-state index in [1.54, 1.807) is 0 Å². The van der Waals surface area contributed by atoms with Crippen molar-refractivity contribution in [1.29, 1.82) is 0 Å². The number of hydrogen-bond acceptors (Lipinski definition) is 1. The molecule has 0 bridgehead atoms. The molecule has 0 aromatic heterocycles. The van der Waals surface area contributed by atoms with Crippen LogP contribution in [-0.2, 0) is 0 Å². The van der Waals surface area contributed by atoms with Crippen LogP contribution in [0.15, 0.2) is 4.99 Å². The normalized spacial score (nSPS) is 31.7. The lowest BCUT2D eigenvalue weighted by Gasteiger charge is -2.30. The Morgan fingerprint density at radius 2 is 1.93 bits per heavy atom. The van der Waals surface area contributed by atoms with Crippen molar-refractivity contribution in [2.75, 3.05) is 0 Å². The largest absolute Gasteiger partial charge is 0.291 e. The molecule has 1 fully saturated rings. The van der Waals surface area contributed by atoms with Crippen LogP contribution in [0, 0.1) is 5.92 Å². The van der Waals surface area contributed by atoms with Crippen molar-refractivity contribution < 1.29 is 8.78 Å². The monoisotopic (exact) mass is 215 g/mol. The van der Waals surface area contributed by atoms with Crippen LogP contribution in [0.1, 0.15) is 51.9 Å². The Balaban J connectivity index is 1.89. The summed E-state index contributed by atoms with van der Waals surface area (Å²) in [5, 5.41) is 0. The van der Waals surface area contributed by atoms with Crippen molar-refractivity contribution >= 4 is 5.71 Å². The molecule has 1 saturated carbocycles. The first-order valence-electron chi connectivity index (χ1n) is 6.04. The fourth-order valence-electron chi connectivity index (χ4n) is 2.73. The summed E-state index contributed by atoms with van der Waals surface area (Å²) in [7, 11) is 0. The number of aliphatic imine (C=N–C) groups is 1. The third-order valence-corrected chi connectivity index (χ3v) is 3.79. The molecule has 0 radical (unpaired) electrons. The molecule has 0 aromatic carbocycles. The maximum absolute atomic E-state index is 13.0. The van der Waals surface area contributed by atoms with Crippen molar-refractivity contribution in [2.24, 2.45) is 10.9 Å². The van der Waals surface area contributed by atoms with Gasteiger partial charge in [0.2, 0.25) is 5.92 Å². The van der Waals surface area contributed by atoms with Crippen LogP contribution in [0.5, 0.6) is 0 Å². The topological polar surface area (TPSA) is 12.4 Å². The molecule has 15 heavy (non-hydrogen) atoms. The van der Waals surface area contributed by atoms with Crippen molar-refractivity contribution in [3.63, 3.8) is 0 Å². The van der Waals surface area contributed by atoms with E-state index in [0.717, 1.165) is 19.3 Å². The molecule has 3 heteroatoms. The summed E-state index contributed by atoms with van der Waals surface area (Å²) in [5.74, 6) is -1.97. The highest BCUT2D eigenvalue weighted by molar-refractivity contribution is 5.85. The first kappa shape index (κ1) is 11.0. The van der Waals surface area contributed by atoms with Crippen LogP contribution in [0.3, 0.4) is 0 Å². The lowest BCUT2D eigenvalue weighted by molar-refractivity contribution is -0.0480. The van der Waals surface area contributed by atoms with Crippen LogP contribution < -0.4 is 0 Å². The van der Waals surface area contributed by atoms with Gasteiger partial charge in [0, 0.05) is 18.6 Å². The van der Waals surface area contributed by atoms with E-state index in [0.29, 0.717) is 24.8 Å². The van der Waals surface area contributed by atoms with Gasteiger partial charge in [0.25, 0.3) is 0 Å². The average molecular weight is 215 g/mol. The minimum atomic E-state index is -2.40. The summed E-state index contributed by atoms with van der Waals surface area (Å²) in [6.07, 6.45) is 4.69. The van der Waals surface area contributed by atoms with Crippen LogP contribution in [0.4, 0.5) is 8.78 Å². The second-order valence-corrected chi connectivity index (χ2v) is 4.85. The predicted molar refractivity (Wildman–Crippen MR) is 57.7 cm³/mol. The van der Waals surface area contributed by atoms with Crippen molar-refractivity contribution in [2.45, 2.75) is 63.8 Å². The van der Waals surface area contributed by atoms with E-state index in [9.17, 15) is 8.78 Å². The van der Waals surface area contributed by atoms with Gasteiger partial charge in [-0.2, -0.15) is 0 Å². The zero-order chi connectivity index (χ0) is 10.9. The lowest BCUT2D eigenvalue weighted by atomic mass is 9.81. The Hall–Kier alpha value is -0.470. The Kier molecular flexibility index (Phi) is 3.08. The summed E-state index contributed by atoms with van der Waals surface area (Å²) >= 11 is 0. The molecule has 1 atom stereocenters. The molecule has 0 N–H and O–H groups in total. The quantitative estimate of drug-likeness (QED) is 0.664. The van der Waals surface area contributed by atoms with Crippen LogP contribution >= 0.6 is 0 Å². The second kappa shape index (κ2) is 4.18. The van der Waals surface area contributed by atoms with Gasteiger partial charge < -0.3 is 0 Å². The minimum absolute atomic E-state index is 0.0745. The molecule has 0 saturated heterocycles. The van der Waals surface area contributed by atoms with Gasteiger partial charge >= 0.3 is 0 Å². The van der Waals surface area contributed by atoms with E-state index < -0.39 is 5.92 Å². The molecular formula is C12H19F2N. The van der Waals surface area contributed by atoms with E-state index in [1.165, 1.54) is 5.71 Å². The van der Waals surface area contributed by atoms with E-state index >= 15 is 0 Å². The molecule has 2 rings (SSSR count). The van der Waals surface area contributed by atoms with E-state index in [4.69, 9.17) is 0 Å². The molecule has 0 spiro atoms. The number of alkyl halides is 2. The van der Waals surface area contributed by atoms with Crippen molar-refractivity contribution in [1.82, 2.24) is 0 Å². The summed E-state index contributed by atoms with van der Waals surface area (Å²) in [4.78, 5) is 4.65. The molecule has 0 aromatic rings. The standard InChI is InChI=1S/C12H19F2N/c1-2-10-3-4-11(15-10)9-5-7-12(13,14)8-6-9/h9,11H,2-8H2,1H3/t11-/m0/s1. The van der Waals surface area contributed by atoms with Crippen molar-refractivity contribution in [3.05, 3.63) is 0 Å². The van der Waals surface area contributed by atoms with Crippen LogP contribution in [0.2, 0.25) is 0 Å². The first-order valence-corrected chi connectivity index (χ1v) is 6.04. The molecular weight excluding hydrogens is 196 g/mol. The highest BCUT2D eigenvalue weighted by Gasteiger charge is 2.38. The molecule has 1 aliphatic carbocycles. The lowest BCUT2D eigenvalue weighted by Crippen LogP contribution is -2.29. The van der Waals surface area contributed by atoms with Gasteiger partial charge in [-0.15, -0.1) is 0 Å². The van der Waals surface area contributed by atoms with Gasteiger partial charge in [-0.1, -0.05) is 6.92 Å². The molecule has 0 amide bonds. The number of nitrogens with zero attached hydrogens (tertiary/aromatic N) is 1. The third kappa shape index (κ3) is 2.56. The van der Waals surface area contributed by atoms with Gasteiger partial charge in [0.1, 0.15) is 0 Å². The number of halogens is 2. The maximum atomic E-state index is 13.0. The highest BCUT2D eigenvalue weighted by atomic mass is 19.3. The molecule has 1 nitrogen and oxygen atoms in total. The zero-order valence-electron chi connectivity index (χ0n) is 9.31. The zero-order valence-corrected chi connectivity index (χ0v) is 9.31. The summed E-state index contributed by atoms with van der Waals surface area (Å²) in [6.45, 7) is 2.12. The van der Waals surface area contributed by atoms with Crippen LogP contribution in [0.25, 0.3) is 0 Å². The van der Waals surface area contributed by atoms with Gasteiger partial charge in [0.15, 0.2) is 0 Å². The van der Waals surface area contributed by atoms with Gasteiger partial charge in [-0.05, 0) is 38.0 Å². The Morgan fingerprint density at radius 3 is 2.47 bits per heavy atom. The van der Waals surface area contributed by atoms with Crippen molar-refractivity contribution in [3.8, 4) is 0 Å². The van der Waals surface area contributed by atoms with Crippen LogP contribution in [-0.4, -0.2) is 17.7 Å². The summed E-state index contributed by atoms with van der Waals surface area (Å²) in [6, 6.07) is 0.357. The summed E-state index contributed by atoms with van der Waals surface area (Å²) in [5.41, 5.74) is 1.29. The van der Waals surface area contributed by atoms with E-state index in [-0.39, 0.29) is 12.8 Å².